The van der Waals surface area contributed by atoms with Crippen molar-refractivity contribution in [2.75, 3.05) is 4.90 Å². The van der Waals surface area contributed by atoms with Crippen LogP contribution in [0.25, 0.3) is 83.0 Å². The zero-order chi connectivity index (χ0) is 35.6. The summed E-state index contributed by atoms with van der Waals surface area (Å²) in [5, 5.41) is 4.85. The van der Waals surface area contributed by atoms with Crippen LogP contribution in [0.2, 0.25) is 0 Å². The van der Waals surface area contributed by atoms with Crippen LogP contribution >= 0.6 is 0 Å². The molecule has 0 bridgehead atoms. The van der Waals surface area contributed by atoms with Gasteiger partial charge in [0.05, 0.1) is 33.8 Å². The first-order valence-corrected chi connectivity index (χ1v) is 18.3. The highest BCUT2D eigenvalue weighted by Gasteiger charge is 2.31. The summed E-state index contributed by atoms with van der Waals surface area (Å²) in [6.45, 7) is 0. The third-order valence-corrected chi connectivity index (χ3v) is 10.8. The van der Waals surface area contributed by atoms with Gasteiger partial charge in [-0.3, -0.25) is 9.97 Å². The van der Waals surface area contributed by atoms with Crippen LogP contribution in [0.15, 0.2) is 194 Å². The lowest BCUT2D eigenvalue weighted by atomic mass is 9.86. The summed E-state index contributed by atoms with van der Waals surface area (Å²) in [7, 11) is 0. The minimum Gasteiger partial charge on any atom is -0.309 e. The topological polar surface area (TPSA) is 34.0 Å². The van der Waals surface area contributed by atoms with Gasteiger partial charge in [-0.15, -0.1) is 0 Å². The number of aromatic nitrogens is 3. The van der Waals surface area contributed by atoms with E-state index in [0.717, 1.165) is 50.6 Å². The Morgan fingerprint density at radius 1 is 0.370 bits per heavy atom. The Kier molecular flexibility index (Phi) is 6.82. The summed E-state index contributed by atoms with van der Waals surface area (Å²) < 4.78 is 2.42. The number of pyridine rings is 2. The van der Waals surface area contributed by atoms with Gasteiger partial charge >= 0.3 is 0 Å². The normalized spacial score (nSPS) is 12.0. The van der Waals surface area contributed by atoms with Crippen LogP contribution in [0.1, 0.15) is 0 Å². The summed E-state index contributed by atoms with van der Waals surface area (Å²) in [4.78, 5) is 11.9. The smallest absolute Gasteiger partial charge is 0.0708 e. The fraction of sp³-hybridized carbons (Fsp3) is 0. The number of para-hydroxylation sites is 1. The maximum atomic E-state index is 4.77. The fourth-order valence-electron chi connectivity index (χ4n) is 8.46. The molecule has 54 heavy (non-hydrogen) atoms. The Balaban J connectivity index is 1.24. The maximum Gasteiger partial charge on any atom is 0.0708 e. The standard InChI is InChI=1S/C50H32N4/c1-3-12-33(13-4-1)35-22-28-45-42(32-35)49-47(53(45)37-23-20-34(21-24-37)43-17-7-9-30-51-43)29-27-41-40-26-25-38(44-18-8-10-31-52-44)39-16-11-19-46(48(39)40)54(50(41)49)36-14-5-2-6-15-36/h1-32H. The number of nitrogens with zero attached hydrogens (tertiary/aromatic N) is 4. The fourth-order valence-corrected chi connectivity index (χ4v) is 8.46. The van der Waals surface area contributed by atoms with Crippen molar-refractivity contribution in [1.29, 1.82) is 0 Å². The number of hydrogen-bond acceptors (Lipinski definition) is 3. The van der Waals surface area contributed by atoms with Crippen LogP contribution in [0.3, 0.4) is 0 Å². The van der Waals surface area contributed by atoms with Crippen LogP contribution in [0.4, 0.5) is 17.1 Å². The molecular weight excluding hydrogens is 657 g/mol. The lowest BCUT2D eigenvalue weighted by Crippen LogP contribution is -2.15. The predicted octanol–water partition coefficient (Wildman–Crippen LogP) is 13.2. The van der Waals surface area contributed by atoms with Crippen molar-refractivity contribution in [2.45, 2.75) is 0 Å². The molecule has 0 saturated heterocycles. The lowest BCUT2D eigenvalue weighted by molar-refractivity contribution is 1.18. The average Bonchev–Trinajstić information content (AvgIpc) is 3.59. The van der Waals surface area contributed by atoms with E-state index in [1.165, 1.54) is 49.5 Å². The molecule has 4 heterocycles. The molecule has 10 aromatic rings. The Morgan fingerprint density at radius 3 is 1.80 bits per heavy atom. The van der Waals surface area contributed by atoms with Crippen molar-refractivity contribution in [3.63, 3.8) is 0 Å². The van der Waals surface area contributed by atoms with Crippen LogP contribution in [0, 0.1) is 0 Å². The Labute approximate surface area is 312 Å². The van der Waals surface area contributed by atoms with Gasteiger partial charge in [0.25, 0.3) is 0 Å². The van der Waals surface area contributed by atoms with Crippen LogP contribution in [-0.2, 0) is 0 Å². The number of rotatable bonds is 5. The second-order valence-electron chi connectivity index (χ2n) is 13.8. The Hall–Kier alpha value is -7.30. The highest BCUT2D eigenvalue weighted by molar-refractivity contribution is 6.26. The molecule has 252 valence electrons. The van der Waals surface area contributed by atoms with Crippen molar-refractivity contribution >= 4 is 49.6 Å². The van der Waals surface area contributed by atoms with E-state index >= 15 is 0 Å². The van der Waals surface area contributed by atoms with Gasteiger partial charge in [0.1, 0.15) is 0 Å². The molecular formula is C50H32N4. The minimum atomic E-state index is 0.963. The molecule has 7 aromatic carbocycles. The van der Waals surface area contributed by atoms with Gasteiger partial charge in [-0.1, -0.05) is 109 Å². The molecule has 1 aliphatic rings. The zero-order valence-corrected chi connectivity index (χ0v) is 29.3. The molecule has 4 heteroatoms. The third-order valence-electron chi connectivity index (χ3n) is 10.8. The van der Waals surface area contributed by atoms with E-state index in [9.17, 15) is 0 Å². The summed E-state index contributed by atoms with van der Waals surface area (Å²) in [6.07, 6.45) is 3.72. The van der Waals surface area contributed by atoms with E-state index < -0.39 is 0 Å². The second kappa shape index (κ2) is 12.1. The number of fused-ring (bicyclic) bond motifs is 6. The van der Waals surface area contributed by atoms with Crippen molar-refractivity contribution in [3.05, 3.63) is 194 Å². The molecule has 0 amide bonds. The van der Waals surface area contributed by atoms with Gasteiger partial charge in [-0.2, -0.15) is 0 Å². The van der Waals surface area contributed by atoms with Gasteiger partial charge < -0.3 is 9.47 Å². The molecule has 0 spiro atoms. The van der Waals surface area contributed by atoms with Crippen molar-refractivity contribution < 1.29 is 0 Å². The molecule has 0 fully saturated rings. The third kappa shape index (κ3) is 4.64. The SMILES string of the molecule is c1ccc(-c2ccc3c(c2)c2c4c(ccc2n3-c2ccc(-c3ccccn3)cc2)-c2ccc(-c3ccccn3)c3cccc(c23)N4c2ccccc2)cc1. The maximum absolute atomic E-state index is 4.77. The van der Waals surface area contributed by atoms with Gasteiger partial charge in [-0.25, -0.2) is 0 Å². The zero-order valence-electron chi connectivity index (χ0n) is 29.3. The first-order chi connectivity index (χ1) is 26.8. The monoisotopic (exact) mass is 688 g/mol. The second-order valence-corrected chi connectivity index (χ2v) is 13.8. The van der Waals surface area contributed by atoms with Crippen LogP contribution in [0.5, 0.6) is 0 Å². The molecule has 0 N–H and O–H groups in total. The summed E-state index contributed by atoms with van der Waals surface area (Å²) in [5.41, 5.74) is 15.9. The van der Waals surface area contributed by atoms with E-state index in [0.29, 0.717) is 0 Å². The molecule has 4 nitrogen and oxygen atoms in total. The molecule has 0 radical (unpaired) electrons. The Bertz CT molecular complexity index is 3010. The van der Waals surface area contributed by atoms with Gasteiger partial charge in [0.2, 0.25) is 0 Å². The van der Waals surface area contributed by atoms with Crippen molar-refractivity contribution in [2.24, 2.45) is 0 Å². The summed E-state index contributed by atoms with van der Waals surface area (Å²) in [6, 6.07) is 65.3. The summed E-state index contributed by atoms with van der Waals surface area (Å²) >= 11 is 0. The molecule has 0 atom stereocenters. The molecule has 0 saturated carbocycles. The highest BCUT2D eigenvalue weighted by Crippen LogP contribution is 2.56. The molecule has 1 aliphatic heterocycles. The van der Waals surface area contributed by atoms with Crippen molar-refractivity contribution in [1.82, 2.24) is 14.5 Å². The summed E-state index contributed by atoms with van der Waals surface area (Å²) in [5.74, 6) is 0. The van der Waals surface area contributed by atoms with Gasteiger partial charge in [0, 0.05) is 56.6 Å². The van der Waals surface area contributed by atoms with Gasteiger partial charge in [-0.05, 0) is 94.9 Å². The molecule has 0 unspecified atom stereocenters. The molecule has 11 rings (SSSR count). The van der Waals surface area contributed by atoms with E-state index in [4.69, 9.17) is 4.98 Å². The first-order valence-electron chi connectivity index (χ1n) is 18.3. The Morgan fingerprint density at radius 2 is 1.04 bits per heavy atom. The molecule has 3 aromatic heterocycles. The van der Waals surface area contributed by atoms with Crippen LogP contribution < -0.4 is 4.90 Å². The number of benzene rings is 7. The average molecular weight is 689 g/mol. The highest BCUT2D eigenvalue weighted by atomic mass is 15.2. The van der Waals surface area contributed by atoms with Crippen molar-refractivity contribution in [3.8, 4) is 50.5 Å². The van der Waals surface area contributed by atoms with Gasteiger partial charge in [0.15, 0.2) is 0 Å². The van der Waals surface area contributed by atoms with E-state index in [1.54, 1.807) is 0 Å². The van der Waals surface area contributed by atoms with Crippen LogP contribution in [-0.4, -0.2) is 14.5 Å². The quantitative estimate of drug-likeness (QED) is 0.180. The lowest BCUT2D eigenvalue weighted by Gasteiger charge is -2.34. The van der Waals surface area contributed by atoms with E-state index in [2.05, 4.69) is 178 Å². The first kappa shape index (κ1) is 30.3. The number of anilines is 3. The van der Waals surface area contributed by atoms with E-state index in [1.807, 2.05) is 30.6 Å². The largest absolute Gasteiger partial charge is 0.309 e. The molecule has 0 aliphatic carbocycles. The number of hydrogen-bond donors (Lipinski definition) is 0. The predicted molar refractivity (Wildman–Crippen MR) is 224 cm³/mol. The minimum absolute atomic E-state index is 0.963. The van der Waals surface area contributed by atoms with E-state index in [-0.39, 0.29) is 0 Å².